The quantitative estimate of drug-likeness (QED) is 0.529. The molecule has 0 aromatic carbocycles. The summed E-state index contributed by atoms with van der Waals surface area (Å²) in [6, 6.07) is -0.495. The maximum atomic E-state index is 10.1. The van der Waals surface area contributed by atoms with Crippen molar-refractivity contribution >= 4 is 17.0 Å². The van der Waals surface area contributed by atoms with Crippen molar-refractivity contribution in [3.8, 4) is 0 Å². The van der Waals surface area contributed by atoms with Crippen molar-refractivity contribution in [2.75, 3.05) is 12.3 Å². The van der Waals surface area contributed by atoms with Gasteiger partial charge >= 0.3 is 0 Å². The lowest BCUT2D eigenvalue weighted by Gasteiger charge is -2.18. The van der Waals surface area contributed by atoms with Crippen LogP contribution in [0.15, 0.2) is 24.3 Å². The summed E-state index contributed by atoms with van der Waals surface area (Å²) in [4.78, 5) is 12.1. The Labute approximate surface area is 114 Å². The summed E-state index contributed by atoms with van der Waals surface area (Å²) in [6.07, 6.45) is 2.87. The first-order chi connectivity index (χ1) is 9.63. The average molecular weight is 277 g/mol. The molecule has 3 rings (SSSR count). The molecule has 0 spiro atoms. The van der Waals surface area contributed by atoms with E-state index in [-0.39, 0.29) is 12.4 Å². The van der Waals surface area contributed by atoms with Crippen LogP contribution >= 0.6 is 0 Å². The number of aromatic nitrogens is 4. The second kappa shape index (κ2) is 4.82. The molecule has 0 saturated carbocycles. The molecule has 0 fully saturated rings. The zero-order valence-corrected chi connectivity index (χ0v) is 10.6. The minimum atomic E-state index is -1.01. The predicted octanol–water partition coefficient (Wildman–Crippen LogP) is -1.01. The molecule has 20 heavy (non-hydrogen) atoms. The number of nitrogens with zero attached hydrogens (tertiary/aromatic N) is 4. The summed E-state index contributed by atoms with van der Waals surface area (Å²) in [5.74, 6) is 0.265. The number of fused-ring (bicyclic) bond motifs is 1. The van der Waals surface area contributed by atoms with Crippen LogP contribution in [0.5, 0.6) is 0 Å². The largest absolute Gasteiger partial charge is 0.396 e. The van der Waals surface area contributed by atoms with E-state index < -0.39 is 18.2 Å². The van der Waals surface area contributed by atoms with Gasteiger partial charge in [-0.2, -0.15) is 0 Å². The smallest absolute Gasteiger partial charge is 0.166 e. The fourth-order valence-corrected chi connectivity index (χ4v) is 2.52. The van der Waals surface area contributed by atoms with Crippen molar-refractivity contribution in [2.45, 2.75) is 24.7 Å². The highest BCUT2D eigenvalue weighted by atomic mass is 16.3. The summed E-state index contributed by atoms with van der Waals surface area (Å²) in [5, 5.41) is 29.1. The molecule has 2 heterocycles. The highest BCUT2D eigenvalue weighted by molar-refractivity contribution is 5.81. The molecule has 0 amide bonds. The van der Waals surface area contributed by atoms with Crippen LogP contribution in [0.4, 0.5) is 5.82 Å². The topological polar surface area (TPSA) is 130 Å². The molecule has 3 atom stereocenters. The number of nitrogens with two attached hydrogens (primary N) is 1. The van der Waals surface area contributed by atoms with Crippen LogP contribution in [0, 0.1) is 0 Å². The van der Waals surface area contributed by atoms with Crippen molar-refractivity contribution in [2.24, 2.45) is 0 Å². The lowest BCUT2D eigenvalue weighted by molar-refractivity contribution is 0.0307. The molecule has 8 nitrogen and oxygen atoms in total. The van der Waals surface area contributed by atoms with Gasteiger partial charge in [-0.3, -0.25) is 0 Å². The summed E-state index contributed by atoms with van der Waals surface area (Å²) < 4.78 is 1.64. The molecular formula is C12H15N5O3. The van der Waals surface area contributed by atoms with E-state index in [9.17, 15) is 10.2 Å². The first kappa shape index (κ1) is 13.0. The van der Waals surface area contributed by atoms with Gasteiger partial charge in [0.05, 0.1) is 12.4 Å². The standard InChI is InChI=1S/C12H15N5O3/c13-11-8-12(15-4-14-11)17(5-16-8)7-3-6(1-2-18)9(19)10(7)20/h3-5,7,9-10,18-20H,1-2H2,(H2,13,14,15). The molecule has 2 aromatic rings. The van der Waals surface area contributed by atoms with Crippen molar-refractivity contribution in [3.63, 3.8) is 0 Å². The number of anilines is 1. The first-order valence-electron chi connectivity index (χ1n) is 6.24. The first-order valence-corrected chi connectivity index (χ1v) is 6.24. The van der Waals surface area contributed by atoms with Crippen molar-refractivity contribution < 1.29 is 15.3 Å². The van der Waals surface area contributed by atoms with Gasteiger partial charge in [0.2, 0.25) is 0 Å². The molecule has 106 valence electrons. The Hall–Kier alpha value is -2.03. The predicted molar refractivity (Wildman–Crippen MR) is 70.6 cm³/mol. The van der Waals surface area contributed by atoms with Crippen LogP contribution < -0.4 is 5.73 Å². The summed E-state index contributed by atoms with van der Waals surface area (Å²) >= 11 is 0. The van der Waals surface area contributed by atoms with E-state index in [2.05, 4.69) is 15.0 Å². The van der Waals surface area contributed by atoms with Gasteiger partial charge in [-0.25, -0.2) is 15.0 Å². The highest BCUT2D eigenvalue weighted by Gasteiger charge is 2.36. The Morgan fingerprint density at radius 2 is 2.05 bits per heavy atom. The second-order valence-corrected chi connectivity index (χ2v) is 4.72. The van der Waals surface area contributed by atoms with Gasteiger partial charge < -0.3 is 25.6 Å². The molecule has 2 aromatic heterocycles. The van der Waals surface area contributed by atoms with Crippen molar-refractivity contribution in [1.82, 2.24) is 19.5 Å². The Kier molecular flexibility index (Phi) is 3.13. The summed E-state index contributed by atoms with van der Waals surface area (Å²) in [7, 11) is 0. The van der Waals surface area contributed by atoms with Crippen LogP contribution in [-0.4, -0.2) is 53.7 Å². The van der Waals surface area contributed by atoms with Crippen LogP contribution in [-0.2, 0) is 0 Å². The fraction of sp³-hybridized carbons (Fsp3) is 0.417. The summed E-state index contributed by atoms with van der Waals surface area (Å²) in [5.41, 5.74) is 7.28. The van der Waals surface area contributed by atoms with Crippen LogP contribution in [0.2, 0.25) is 0 Å². The SMILES string of the molecule is Nc1ncnc2c1ncn2C1C=C(CCO)C(O)C1O. The number of hydrogen-bond acceptors (Lipinski definition) is 7. The minimum absolute atomic E-state index is 0.0812. The summed E-state index contributed by atoms with van der Waals surface area (Å²) in [6.45, 7) is -0.0812. The zero-order valence-electron chi connectivity index (χ0n) is 10.6. The van der Waals surface area contributed by atoms with E-state index in [0.717, 1.165) is 0 Å². The third-order valence-corrected chi connectivity index (χ3v) is 3.55. The van der Waals surface area contributed by atoms with E-state index in [4.69, 9.17) is 10.8 Å². The maximum Gasteiger partial charge on any atom is 0.166 e. The number of rotatable bonds is 3. The number of aliphatic hydroxyl groups is 3. The van der Waals surface area contributed by atoms with E-state index >= 15 is 0 Å². The fourth-order valence-electron chi connectivity index (χ4n) is 2.52. The van der Waals surface area contributed by atoms with Gasteiger partial charge in [0.15, 0.2) is 11.5 Å². The van der Waals surface area contributed by atoms with Gasteiger partial charge in [0.1, 0.15) is 24.1 Å². The van der Waals surface area contributed by atoms with Gasteiger partial charge in [0, 0.05) is 6.61 Å². The number of hydrogen-bond donors (Lipinski definition) is 4. The maximum absolute atomic E-state index is 10.1. The monoisotopic (exact) mass is 277 g/mol. The van der Waals surface area contributed by atoms with Crippen LogP contribution in [0.3, 0.4) is 0 Å². The van der Waals surface area contributed by atoms with E-state index in [1.807, 2.05) is 0 Å². The Morgan fingerprint density at radius 1 is 1.25 bits per heavy atom. The average Bonchev–Trinajstić information content (AvgIpc) is 2.97. The molecule has 0 radical (unpaired) electrons. The number of imidazole rings is 1. The van der Waals surface area contributed by atoms with Gasteiger partial charge in [-0.05, 0) is 12.0 Å². The van der Waals surface area contributed by atoms with Crippen molar-refractivity contribution in [3.05, 3.63) is 24.3 Å². The Bertz CT molecular complexity index is 668. The highest BCUT2D eigenvalue weighted by Crippen LogP contribution is 2.33. The van der Waals surface area contributed by atoms with E-state index in [1.54, 1.807) is 10.6 Å². The third-order valence-electron chi connectivity index (χ3n) is 3.55. The van der Waals surface area contributed by atoms with E-state index in [0.29, 0.717) is 23.2 Å². The molecule has 0 saturated heterocycles. The van der Waals surface area contributed by atoms with Gasteiger partial charge in [-0.15, -0.1) is 0 Å². The molecule has 0 aliphatic heterocycles. The van der Waals surface area contributed by atoms with Gasteiger partial charge in [0.25, 0.3) is 0 Å². The van der Waals surface area contributed by atoms with Gasteiger partial charge in [-0.1, -0.05) is 6.08 Å². The van der Waals surface area contributed by atoms with E-state index in [1.165, 1.54) is 12.7 Å². The minimum Gasteiger partial charge on any atom is -0.396 e. The third kappa shape index (κ3) is 1.85. The lowest BCUT2D eigenvalue weighted by Crippen LogP contribution is -2.29. The molecular weight excluding hydrogens is 262 g/mol. The zero-order chi connectivity index (χ0) is 14.3. The lowest BCUT2D eigenvalue weighted by atomic mass is 10.1. The number of aliphatic hydroxyl groups excluding tert-OH is 3. The normalized spacial score (nSPS) is 26.1. The molecule has 3 unspecified atom stereocenters. The second-order valence-electron chi connectivity index (χ2n) is 4.72. The van der Waals surface area contributed by atoms with Crippen LogP contribution in [0.25, 0.3) is 11.2 Å². The number of nitrogen functional groups attached to an aromatic ring is 1. The molecule has 8 heteroatoms. The molecule has 1 aliphatic carbocycles. The molecule has 0 bridgehead atoms. The van der Waals surface area contributed by atoms with Crippen molar-refractivity contribution in [1.29, 1.82) is 0 Å². The Morgan fingerprint density at radius 3 is 2.80 bits per heavy atom. The Balaban J connectivity index is 2.05. The molecule has 5 N–H and O–H groups in total. The van der Waals surface area contributed by atoms with Crippen LogP contribution in [0.1, 0.15) is 12.5 Å². The molecule has 1 aliphatic rings.